The molecule has 0 unspecified atom stereocenters. The van der Waals surface area contributed by atoms with Crippen LogP contribution in [0, 0.1) is 5.92 Å². The normalized spacial score (nSPS) is 23.1. The monoisotopic (exact) mass is 353 g/mol. The Morgan fingerprint density at radius 1 is 1.53 bits per heavy atom. The molecule has 1 aromatic rings. The first-order chi connectivity index (χ1) is 8.79. The van der Waals surface area contributed by atoms with Crippen molar-refractivity contribution in [3.63, 3.8) is 0 Å². The van der Waals surface area contributed by atoms with Gasteiger partial charge in [0.1, 0.15) is 4.90 Å². The van der Waals surface area contributed by atoms with Crippen molar-refractivity contribution in [3.05, 3.63) is 16.5 Å². The minimum Gasteiger partial charge on any atom is -0.475 e. The summed E-state index contributed by atoms with van der Waals surface area (Å²) in [5.41, 5.74) is 0. The van der Waals surface area contributed by atoms with Gasteiger partial charge >= 0.3 is 5.97 Å². The van der Waals surface area contributed by atoms with Gasteiger partial charge < -0.3 is 14.6 Å². The van der Waals surface area contributed by atoms with Crippen molar-refractivity contribution in [1.82, 2.24) is 4.72 Å². The quantitative estimate of drug-likeness (QED) is 0.720. The fourth-order valence-corrected chi connectivity index (χ4v) is 3.87. The van der Waals surface area contributed by atoms with Crippen molar-refractivity contribution in [2.45, 2.75) is 23.8 Å². The molecule has 1 fully saturated rings. The summed E-state index contributed by atoms with van der Waals surface area (Å²) < 4.78 is 30.9. The van der Waals surface area contributed by atoms with E-state index in [4.69, 9.17) is 14.6 Å². The highest BCUT2D eigenvalue weighted by atomic mass is 79.9. The van der Waals surface area contributed by atoms with Crippen LogP contribution in [0.2, 0.25) is 0 Å². The number of aliphatic hydroxyl groups excluding tert-OH is 1. The summed E-state index contributed by atoms with van der Waals surface area (Å²) in [5, 5.41) is 17.8. The van der Waals surface area contributed by atoms with E-state index in [1.165, 1.54) is 0 Å². The topological polar surface area (TPSA) is 117 Å². The molecule has 3 N–H and O–H groups in total. The fourth-order valence-electron chi connectivity index (χ4n) is 1.81. The largest absolute Gasteiger partial charge is 0.475 e. The third-order valence-electron chi connectivity index (χ3n) is 2.93. The van der Waals surface area contributed by atoms with Crippen LogP contribution in [0.1, 0.15) is 23.4 Å². The Hall–Kier alpha value is -0.900. The average molecular weight is 354 g/mol. The number of carboxylic acids is 1. The summed E-state index contributed by atoms with van der Waals surface area (Å²) in [5.74, 6) is -1.69. The molecule has 1 aliphatic rings. The third kappa shape index (κ3) is 3.16. The molecule has 1 heterocycles. The van der Waals surface area contributed by atoms with Gasteiger partial charge in [-0.3, -0.25) is 0 Å². The number of rotatable bonds is 5. The zero-order chi connectivity index (χ0) is 14.2. The van der Waals surface area contributed by atoms with Crippen molar-refractivity contribution in [2.24, 2.45) is 5.92 Å². The second-order valence-corrected chi connectivity index (χ2v) is 6.85. The van der Waals surface area contributed by atoms with E-state index in [0.717, 1.165) is 6.07 Å². The first-order valence-electron chi connectivity index (χ1n) is 5.50. The van der Waals surface area contributed by atoms with Crippen LogP contribution >= 0.6 is 15.9 Å². The van der Waals surface area contributed by atoms with Gasteiger partial charge in [-0.1, -0.05) is 0 Å². The summed E-state index contributed by atoms with van der Waals surface area (Å²) in [7, 11) is -3.83. The van der Waals surface area contributed by atoms with E-state index in [-0.39, 0.29) is 28.1 Å². The summed E-state index contributed by atoms with van der Waals surface area (Å²) in [6.07, 6.45) is 0.777. The number of carboxylic acid groups (broad SMARTS) is 1. The van der Waals surface area contributed by atoms with Crippen molar-refractivity contribution < 1.29 is 27.8 Å². The zero-order valence-electron chi connectivity index (χ0n) is 9.67. The second-order valence-electron chi connectivity index (χ2n) is 4.40. The number of carbonyl (C=O) groups is 1. The molecule has 0 bridgehead atoms. The lowest BCUT2D eigenvalue weighted by atomic mass is 9.83. The van der Waals surface area contributed by atoms with E-state index in [2.05, 4.69) is 20.7 Å². The molecule has 0 spiro atoms. The predicted molar refractivity (Wildman–Crippen MR) is 67.3 cm³/mol. The van der Waals surface area contributed by atoms with Gasteiger partial charge in [0, 0.05) is 12.6 Å². The van der Waals surface area contributed by atoms with Gasteiger partial charge in [0.05, 0.1) is 6.10 Å². The maximum atomic E-state index is 12.0. The Morgan fingerprint density at radius 3 is 2.63 bits per heavy atom. The average Bonchev–Trinajstić information content (AvgIpc) is 2.66. The van der Waals surface area contributed by atoms with Crippen LogP contribution in [0.25, 0.3) is 0 Å². The first-order valence-corrected chi connectivity index (χ1v) is 7.77. The Kier molecular flexibility index (Phi) is 4.00. The van der Waals surface area contributed by atoms with Crippen molar-refractivity contribution >= 4 is 31.9 Å². The van der Waals surface area contributed by atoms with E-state index in [1.54, 1.807) is 0 Å². The Balaban J connectivity index is 2.08. The fraction of sp³-hybridized carbons (Fsp3) is 0.500. The summed E-state index contributed by atoms with van der Waals surface area (Å²) in [4.78, 5) is 10.4. The first kappa shape index (κ1) is 14.5. The molecule has 0 aliphatic heterocycles. The maximum Gasteiger partial charge on any atom is 0.371 e. The van der Waals surface area contributed by atoms with Gasteiger partial charge in [-0.05, 0) is 34.7 Å². The van der Waals surface area contributed by atoms with Crippen molar-refractivity contribution in [3.8, 4) is 0 Å². The van der Waals surface area contributed by atoms with Gasteiger partial charge in [-0.2, -0.15) is 0 Å². The summed E-state index contributed by atoms with van der Waals surface area (Å²) in [6.45, 7) is 0.208. The van der Waals surface area contributed by atoms with Crippen LogP contribution in [-0.2, 0) is 10.0 Å². The van der Waals surface area contributed by atoms with Gasteiger partial charge in [0.15, 0.2) is 4.67 Å². The number of aliphatic hydroxyl groups is 1. The minimum absolute atomic E-state index is 0.106. The molecule has 0 saturated heterocycles. The third-order valence-corrected chi connectivity index (χ3v) is 5.21. The summed E-state index contributed by atoms with van der Waals surface area (Å²) >= 11 is 2.88. The van der Waals surface area contributed by atoms with Crippen LogP contribution in [0.3, 0.4) is 0 Å². The van der Waals surface area contributed by atoms with Crippen molar-refractivity contribution in [2.75, 3.05) is 6.54 Å². The molecule has 0 atom stereocenters. The molecule has 19 heavy (non-hydrogen) atoms. The molecule has 9 heteroatoms. The predicted octanol–water partition coefficient (Wildman–Crippen LogP) is 0.789. The van der Waals surface area contributed by atoms with Gasteiger partial charge in [0.25, 0.3) is 0 Å². The highest BCUT2D eigenvalue weighted by Crippen LogP contribution is 2.29. The van der Waals surface area contributed by atoms with Crippen LogP contribution in [0.5, 0.6) is 0 Å². The van der Waals surface area contributed by atoms with E-state index in [1.807, 2.05) is 0 Å². The highest BCUT2D eigenvalue weighted by Gasteiger charge is 2.30. The highest BCUT2D eigenvalue weighted by molar-refractivity contribution is 9.10. The molecule has 2 rings (SSSR count). The lowest BCUT2D eigenvalue weighted by molar-refractivity contribution is 0.0453. The molecule has 1 aliphatic carbocycles. The number of halogens is 1. The SMILES string of the molecule is O=C(O)c1cc(S(=O)(=O)NCC2CC(O)C2)c(Br)o1. The standard InChI is InChI=1S/C10H12BrNO6S/c11-9-8(3-7(18-9)10(14)15)19(16,17)12-4-5-1-6(13)2-5/h3,5-6,12-13H,1-2,4H2,(H,14,15). The Bertz CT molecular complexity index is 589. The van der Waals surface area contributed by atoms with E-state index < -0.39 is 21.8 Å². The zero-order valence-corrected chi connectivity index (χ0v) is 12.1. The van der Waals surface area contributed by atoms with Gasteiger partial charge in [-0.25, -0.2) is 17.9 Å². The smallest absolute Gasteiger partial charge is 0.371 e. The Morgan fingerprint density at radius 2 is 2.16 bits per heavy atom. The number of furan rings is 1. The van der Waals surface area contributed by atoms with E-state index >= 15 is 0 Å². The van der Waals surface area contributed by atoms with Crippen LogP contribution in [-0.4, -0.2) is 37.2 Å². The second kappa shape index (κ2) is 5.23. The van der Waals surface area contributed by atoms with Gasteiger partial charge in [0.2, 0.25) is 15.8 Å². The molecule has 7 nitrogen and oxygen atoms in total. The molecule has 1 aromatic heterocycles. The number of hydrogen-bond acceptors (Lipinski definition) is 5. The number of nitrogens with one attached hydrogen (secondary N) is 1. The van der Waals surface area contributed by atoms with E-state index in [0.29, 0.717) is 12.8 Å². The minimum atomic E-state index is -3.83. The molecule has 1 saturated carbocycles. The molecule has 0 amide bonds. The number of sulfonamides is 1. The number of hydrogen-bond donors (Lipinski definition) is 3. The van der Waals surface area contributed by atoms with Gasteiger partial charge in [-0.15, -0.1) is 0 Å². The summed E-state index contributed by atoms with van der Waals surface area (Å²) in [6, 6.07) is 0.949. The molecule has 0 radical (unpaired) electrons. The number of aromatic carboxylic acids is 1. The van der Waals surface area contributed by atoms with Crippen LogP contribution in [0.15, 0.2) is 20.0 Å². The molecule has 106 valence electrons. The van der Waals surface area contributed by atoms with E-state index in [9.17, 15) is 13.2 Å². The Labute approximate surface area is 117 Å². The van der Waals surface area contributed by atoms with Crippen molar-refractivity contribution in [1.29, 1.82) is 0 Å². The lowest BCUT2D eigenvalue weighted by Crippen LogP contribution is -2.38. The maximum absolute atomic E-state index is 12.0. The van der Waals surface area contributed by atoms with Crippen LogP contribution in [0.4, 0.5) is 0 Å². The molecule has 0 aromatic carbocycles. The molecular formula is C10H12BrNO6S. The van der Waals surface area contributed by atoms with Crippen LogP contribution < -0.4 is 4.72 Å². The lowest BCUT2D eigenvalue weighted by Gasteiger charge is -2.31. The molecular weight excluding hydrogens is 342 g/mol.